The summed E-state index contributed by atoms with van der Waals surface area (Å²) in [6, 6.07) is 5.46. The van der Waals surface area contributed by atoms with Crippen molar-refractivity contribution in [2.24, 2.45) is 0 Å². The molecule has 1 aromatic carbocycles. The molecule has 2 heterocycles. The first kappa shape index (κ1) is 21.6. The normalized spacial score (nSPS) is 14.7. The minimum atomic E-state index is -4.74. The average Bonchev–Trinajstić information content (AvgIpc) is 3.11. The summed E-state index contributed by atoms with van der Waals surface area (Å²) in [7, 11) is 0. The average molecular weight is 402 g/mol. The Labute approximate surface area is 159 Å². The Morgan fingerprint density at radius 3 is 2.68 bits per heavy atom. The lowest BCUT2D eigenvalue weighted by Gasteiger charge is -2.25. The van der Waals surface area contributed by atoms with Crippen LogP contribution >= 0.6 is 0 Å². The maximum atomic E-state index is 12.3. The summed E-state index contributed by atoms with van der Waals surface area (Å²) in [5.74, 6) is 0.351. The Morgan fingerprint density at radius 2 is 2.07 bits per heavy atom. The predicted molar refractivity (Wildman–Crippen MR) is 92.3 cm³/mol. The van der Waals surface area contributed by atoms with E-state index in [-0.39, 0.29) is 11.6 Å². The van der Waals surface area contributed by atoms with E-state index in [4.69, 9.17) is 4.52 Å². The van der Waals surface area contributed by atoms with Crippen LogP contribution in [0.4, 0.5) is 13.2 Å². The van der Waals surface area contributed by atoms with Gasteiger partial charge in [0.1, 0.15) is 5.75 Å². The molecule has 1 aliphatic heterocycles. The summed E-state index contributed by atoms with van der Waals surface area (Å²) in [5, 5.41) is 7.12. The number of carbonyl (C=O) groups excluding carboxylic acids is 1. The topological polar surface area (TPSA) is 89.7 Å². The Hall–Kier alpha value is -2.66. The zero-order valence-corrected chi connectivity index (χ0v) is 15.2. The van der Waals surface area contributed by atoms with Gasteiger partial charge in [-0.25, -0.2) is 0 Å². The third kappa shape index (κ3) is 7.53. The first-order valence-corrected chi connectivity index (χ1v) is 8.58. The molecule has 1 saturated heterocycles. The number of nitrogens with one attached hydrogen (secondary N) is 1. The van der Waals surface area contributed by atoms with Crippen LogP contribution in [0.25, 0.3) is 11.5 Å². The third-order valence-corrected chi connectivity index (χ3v) is 3.59. The van der Waals surface area contributed by atoms with Gasteiger partial charge in [0.2, 0.25) is 0 Å². The number of hydrogen-bond donors (Lipinski definition) is 1. The van der Waals surface area contributed by atoms with Crippen LogP contribution in [0.15, 0.2) is 28.8 Å². The molecule has 1 aromatic heterocycles. The lowest BCUT2D eigenvalue weighted by atomic mass is 10.2. The van der Waals surface area contributed by atoms with Gasteiger partial charge in [0.05, 0.1) is 13.2 Å². The van der Waals surface area contributed by atoms with E-state index in [1.54, 1.807) is 13.0 Å². The van der Waals surface area contributed by atoms with Crippen LogP contribution in [0.3, 0.4) is 0 Å². The number of benzene rings is 1. The van der Waals surface area contributed by atoms with Crippen LogP contribution in [0, 0.1) is 0 Å². The number of hydrogen-bond acceptors (Lipinski definition) is 8. The quantitative estimate of drug-likeness (QED) is 0.736. The Kier molecular flexibility index (Phi) is 8.20. The highest BCUT2D eigenvalue weighted by atomic mass is 19.4. The molecule has 0 radical (unpaired) electrons. The van der Waals surface area contributed by atoms with E-state index >= 15 is 0 Å². The van der Waals surface area contributed by atoms with E-state index in [2.05, 4.69) is 29.8 Å². The maximum Gasteiger partial charge on any atom is 0.573 e. The highest BCUT2D eigenvalue weighted by Crippen LogP contribution is 2.27. The van der Waals surface area contributed by atoms with Crippen molar-refractivity contribution in [1.82, 2.24) is 20.4 Å². The molecule has 0 spiro atoms. The Balaban J connectivity index is 0.000000500. The van der Waals surface area contributed by atoms with Crippen molar-refractivity contribution in [2.45, 2.75) is 19.8 Å². The minimum absolute atomic E-state index is 0.169. The standard InChI is InChI=1S/C14H15F3N4O2.C3H6O2/c15-14(16,17)22-11-3-1-2-10(8-11)13-19-12(20-23-13)9-21-6-4-18-5-7-21;1-2-5-3-4/h1-3,8,18H,4-7,9H2;3H,2H2,1H3. The highest BCUT2D eigenvalue weighted by Gasteiger charge is 2.31. The number of alkyl halides is 3. The van der Waals surface area contributed by atoms with Gasteiger partial charge in [-0.2, -0.15) is 4.98 Å². The lowest BCUT2D eigenvalue weighted by molar-refractivity contribution is -0.274. The van der Waals surface area contributed by atoms with Crippen molar-refractivity contribution >= 4 is 6.47 Å². The molecule has 0 saturated carbocycles. The zero-order chi connectivity index (χ0) is 20.4. The van der Waals surface area contributed by atoms with Crippen molar-refractivity contribution in [3.63, 3.8) is 0 Å². The number of rotatable bonds is 6. The molecule has 1 aliphatic rings. The summed E-state index contributed by atoms with van der Waals surface area (Å²) >= 11 is 0. The number of aromatic nitrogens is 2. The fourth-order valence-electron chi connectivity index (χ4n) is 2.40. The van der Waals surface area contributed by atoms with Gasteiger partial charge < -0.3 is 19.3 Å². The number of nitrogens with zero attached hydrogens (tertiary/aromatic N) is 3. The molecule has 28 heavy (non-hydrogen) atoms. The summed E-state index contributed by atoms with van der Waals surface area (Å²) in [6.07, 6.45) is -4.74. The van der Waals surface area contributed by atoms with Crippen LogP contribution in [-0.2, 0) is 16.1 Å². The van der Waals surface area contributed by atoms with Gasteiger partial charge in [0, 0.05) is 31.7 Å². The number of ether oxygens (including phenoxy) is 2. The van der Waals surface area contributed by atoms with Gasteiger partial charge in [0.15, 0.2) is 5.82 Å². The second-order valence-electron chi connectivity index (χ2n) is 5.67. The van der Waals surface area contributed by atoms with E-state index in [1.807, 2.05) is 0 Å². The molecule has 11 heteroatoms. The molecule has 1 N–H and O–H groups in total. The van der Waals surface area contributed by atoms with Crippen molar-refractivity contribution in [3.05, 3.63) is 30.1 Å². The summed E-state index contributed by atoms with van der Waals surface area (Å²) in [5.41, 5.74) is 0.380. The molecule has 0 atom stereocenters. The minimum Gasteiger partial charge on any atom is -0.468 e. The molecule has 0 amide bonds. The first-order valence-electron chi connectivity index (χ1n) is 8.58. The first-order chi connectivity index (χ1) is 13.4. The van der Waals surface area contributed by atoms with Crippen LogP contribution in [0.1, 0.15) is 12.7 Å². The molecular formula is C17H21F3N4O4. The van der Waals surface area contributed by atoms with E-state index < -0.39 is 6.36 Å². The summed E-state index contributed by atoms with van der Waals surface area (Å²) < 4.78 is 49.9. The highest BCUT2D eigenvalue weighted by molar-refractivity contribution is 5.55. The molecular weight excluding hydrogens is 381 g/mol. The van der Waals surface area contributed by atoms with E-state index in [9.17, 15) is 18.0 Å². The largest absolute Gasteiger partial charge is 0.573 e. The van der Waals surface area contributed by atoms with Crippen LogP contribution < -0.4 is 10.1 Å². The van der Waals surface area contributed by atoms with Crippen molar-refractivity contribution < 1.29 is 32.0 Å². The van der Waals surface area contributed by atoms with Gasteiger partial charge in [-0.05, 0) is 25.1 Å². The molecule has 3 rings (SSSR count). The van der Waals surface area contributed by atoms with E-state index in [1.165, 1.54) is 18.2 Å². The van der Waals surface area contributed by atoms with Gasteiger partial charge >= 0.3 is 6.36 Å². The molecule has 8 nitrogen and oxygen atoms in total. The van der Waals surface area contributed by atoms with Crippen LogP contribution in [0.5, 0.6) is 5.75 Å². The maximum absolute atomic E-state index is 12.3. The summed E-state index contributed by atoms with van der Waals surface area (Å²) in [6.45, 7) is 6.79. The van der Waals surface area contributed by atoms with Crippen molar-refractivity contribution in [3.8, 4) is 17.2 Å². The number of piperazine rings is 1. The Bertz CT molecular complexity index is 733. The molecule has 2 aromatic rings. The summed E-state index contributed by atoms with van der Waals surface area (Å²) in [4.78, 5) is 15.6. The van der Waals surface area contributed by atoms with Crippen molar-refractivity contribution in [1.29, 1.82) is 0 Å². The van der Waals surface area contributed by atoms with Gasteiger partial charge in [0.25, 0.3) is 12.4 Å². The Morgan fingerprint density at radius 1 is 1.32 bits per heavy atom. The smallest absolute Gasteiger partial charge is 0.468 e. The lowest BCUT2D eigenvalue weighted by Crippen LogP contribution is -2.43. The monoisotopic (exact) mass is 402 g/mol. The SMILES string of the molecule is CCOC=O.FC(F)(F)Oc1cccc(-c2nc(CN3CCNCC3)no2)c1. The van der Waals surface area contributed by atoms with Gasteiger partial charge in [-0.3, -0.25) is 9.69 Å². The number of halogens is 3. The van der Waals surface area contributed by atoms with E-state index in [0.717, 1.165) is 26.2 Å². The molecule has 0 unspecified atom stereocenters. The second kappa shape index (κ2) is 10.6. The fourth-order valence-corrected chi connectivity index (χ4v) is 2.40. The van der Waals surface area contributed by atoms with Crippen LogP contribution in [0.2, 0.25) is 0 Å². The van der Waals surface area contributed by atoms with Gasteiger partial charge in [-0.15, -0.1) is 13.2 Å². The third-order valence-electron chi connectivity index (χ3n) is 3.59. The molecule has 0 bridgehead atoms. The van der Waals surface area contributed by atoms with Gasteiger partial charge in [-0.1, -0.05) is 11.2 Å². The second-order valence-corrected chi connectivity index (χ2v) is 5.67. The molecule has 1 fully saturated rings. The van der Waals surface area contributed by atoms with Crippen LogP contribution in [-0.4, -0.2) is 60.7 Å². The fraction of sp³-hybridized carbons (Fsp3) is 0.471. The molecule has 154 valence electrons. The predicted octanol–water partition coefficient (Wildman–Crippen LogP) is 2.22. The number of carbonyl (C=O) groups is 1. The van der Waals surface area contributed by atoms with Crippen molar-refractivity contribution in [2.75, 3.05) is 32.8 Å². The molecule has 0 aliphatic carbocycles. The van der Waals surface area contributed by atoms with E-state index in [0.29, 0.717) is 31.0 Å². The zero-order valence-electron chi connectivity index (χ0n) is 15.2.